The molecule has 0 aliphatic heterocycles. The zero-order chi connectivity index (χ0) is 18.7. The molecule has 6 heteroatoms. The smallest absolute Gasteiger partial charge is 0.418 e. The van der Waals surface area contributed by atoms with E-state index in [2.05, 4.69) is 20.8 Å². The lowest BCUT2D eigenvalue weighted by Gasteiger charge is -2.11. The Morgan fingerprint density at radius 2 is 0.750 bits per heavy atom. The molecule has 24 heavy (non-hydrogen) atoms. The van der Waals surface area contributed by atoms with Crippen LogP contribution in [0.2, 0.25) is 0 Å². The van der Waals surface area contributed by atoms with Crippen molar-refractivity contribution >= 4 is 15.2 Å². The van der Waals surface area contributed by atoms with E-state index in [4.69, 9.17) is 0 Å². The monoisotopic (exact) mass is 374 g/mol. The Hall–Kier alpha value is 0.215. The normalized spacial score (nSPS) is 11.5. The Labute approximate surface area is 149 Å². The fourth-order valence-electron chi connectivity index (χ4n) is 2.78. The number of unbranched alkanes of at least 4 members (excludes halogenated alkanes) is 9. The van der Waals surface area contributed by atoms with Crippen LogP contribution in [0.5, 0.6) is 0 Å². The van der Waals surface area contributed by atoms with E-state index in [-0.39, 0.29) is 7.92 Å². The van der Waals surface area contributed by atoms with Gasteiger partial charge in [0, 0.05) is 7.92 Å². The maximum atomic E-state index is 9.75. The molecule has 0 aromatic carbocycles. The highest BCUT2D eigenvalue weighted by Gasteiger charge is 2.20. The van der Waals surface area contributed by atoms with Crippen LogP contribution < -0.4 is 0 Å². The quantitative estimate of drug-likeness (QED) is 0.117. The van der Waals surface area contributed by atoms with E-state index >= 15 is 0 Å². The van der Waals surface area contributed by atoms with E-state index in [1.54, 1.807) is 18.5 Å². The predicted molar refractivity (Wildman–Crippen MR) is 106 cm³/mol. The van der Waals surface area contributed by atoms with Crippen LogP contribution in [0.25, 0.3) is 0 Å². The standard InChI is InChI=1S/C18H39P.BF4/c1-4-7-10-13-16-19(17-14-11-8-5-2)18-15-12-9-6-3;2-1(3,4)5/h4-18H2,1-3H3;/q;-1/p+1. The molecule has 0 aliphatic rings. The first-order valence-electron chi connectivity index (χ1n) is 10.1. The average Bonchev–Trinajstić information content (AvgIpc) is 2.49. The summed E-state index contributed by atoms with van der Waals surface area (Å²) >= 11 is 0. The third kappa shape index (κ3) is 30.1. The summed E-state index contributed by atoms with van der Waals surface area (Å²) in [6.07, 6.45) is 22.4. The van der Waals surface area contributed by atoms with E-state index < -0.39 is 7.25 Å². The van der Waals surface area contributed by atoms with Crippen molar-refractivity contribution in [2.45, 2.75) is 97.8 Å². The minimum Gasteiger partial charge on any atom is -0.418 e. The molecule has 148 valence electrons. The summed E-state index contributed by atoms with van der Waals surface area (Å²) in [7, 11) is -5.99. The first-order valence-corrected chi connectivity index (χ1v) is 12.2. The molecule has 0 radical (unpaired) electrons. The Kier molecular flexibility index (Phi) is 21.5. The van der Waals surface area contributed by atoms with Gasteiger partial charge in [0.2, 0.25) is 0 Å². The fourth-order valence-corrected chi connectivity index (χ4v) is 5.78. The number of halogens is 4. The number of hydrogen-bond donors (Lipinski definition) is 0. The molecule has 0 spiro atoms. The summed E-state index contributed by atoms with van der Waals surface area (Å²) in [5.74, 6) is 0. The van der Waals surface area contributed by atoms with Crippen molar-refractivity contribution in [2.24, 2.45) is 0 Å². The first kappa shape index (κ1) is 26.4. The molecule has 0 aromatic rings. The molecule has 0 nitrogen and oxygen atoms in total. The molecule has 0 aromatic heterocycles. The van der Waals surface area contributed by atoms with Gasteiger partial charge in [-0.3, -0.25) is 0 Å². The molecule has 0 N–H and O–H groups in total. The second kappa shape index (κ2) is 19.5. The van der Waals surface area contributed by atoms with Crippen LogP contribution in [0.4, 0.5) is 17.3 Å². The largest absolute Gasteiger partial charge is 0.673 e. The molecule has 0 heterocycles. The van der Waals surface area contributed by atoms with Gasteiger partial charge in [0.25, 0.3) is 0 Å². The summed E-state index contributed by atoms with van der Waals surface area (Å²) < 4.78 is 39.0. The molecule has 0 saturated carbocycles. The SMILES string of the molecule is CCCCCC[PH+](CCCCCC)CCCCCC.F[B-](F)(F)F. The van der Waals surface area contributed by atoms with Crippen LogP contribution in [0.3, 0.4) is 0 Å². The van der Waals surface area contributed by atoms with E-state index in [9.17, 15) is 17.3 Å². The van der Waals surface area contributed by atoms with E-state index in [0.29, 0.717) is 0 Å². The summed E-state index contributed by atoms with van der Waals surface area (Å²) in [5, 5.41) is 0. The van der Waals surface area contributed by atoms with E-state index in [1.807, 2.05) is 0 Å². The minimum absolute atomic E-state index is 0.0139. The highest BCUT2D eigenvalue weighted by atomic mass is 31.1. The highest BCUT2D eigenvalue weighted by Crippen LogP contribution is 2.39. The third-order valence-corrected chi connectivity index (χ3v) is 7.33. The van der Waals surface area contributed by atoms with Gasteiger partial charge in [-0.25, -0.2) is 0 Å². The van der Waals surface area contributed by atoms with Crippen LogP contribution in [-0.2, 0) is 0 Å². The Bertz CT molecular complexity index is 203. The second-order valence-electron chi connectivity index (χ2n) is 6.68. The van der Waals surface area contributed by atoms with Crippen molar-refractivity contribution in [1.82, 2.24) is 0 Å². The van der Waals surface area contributed by atoms with Crippen LogP contribution >= 0.6 is 7.92 Å². The molecule has 0 fully saturated rings. The molecule has 0 unspecified atom stereocenters. The molecule has 0 rings (SSSR count). The molecule has 0 atom stereocenters. The van der Waals surface area contributed by atoms with Gasteiger partial charge in [-0.1, -0.05) is 59.3 Å². The summed E-state index contributed by atoms with van der Waals surface area (Å²) in [6, 6.07) is 0. The van der Waals surface area contributed by atoms with Crippen molar-refractivity contribution in [1.29, 1.82) is 0 Å². The van der Waals surface area contributed by atoms with Crippen molar-refractivity contribution < 1.29 is 17.3 Å². The van der Waals surface area contributed by atoms with Crippen LogP contribution in [0, 0.1) is 0 Å². The fraction of sp³-hybridized carbons (Fsp3) is 1.00. The Balaban J connectivity index is 0. The minimum atomic E-state index is -6.00. The average molecular weight is 374 g/mol. The zero-order valence-electron chi connectivity index (χ0n) is 16.2. The van der Waals surface area contributed by atoms with Gasteiger partial charge in [0.1, 0.15) is 0 Å². The Morgan fingerprint density at radius 3 is 0.958 bits per heavy atom. The number of rotatable bonds is 15. The van der Waals surface area contributed by atoms with Crippen molar-refractivity contribution in [2.75, 3.05) is 18.5 Å². The lowest BCUT2D eigenvalue weighted by Crippen LogP contribution is -2.02. The second-order valence-corrected chi connectivity index (χ2v) is 9.68. The van der Waals surface area contributed by atoms with Gasteiger partial charge in [0.15, 0.2) is 0 Å². The van der Waals surface area contributed by atoms with Crippen molar-refractivity contribution in [3.63, 3.8) is 0 Å². The molecule has 0 aliphatic carbocycles. The van der Waals surface area contributed by atoms with Gasteiger partial charge in [0.05, 0.1) is 18.5 Å². The maximum Gasteiger partial charge on any atom is 0.673 e. The van der Waals surface area contributed by atoms with Crippen molar-refractivity contribution in [3.05, 3.63) is 0 Å². The topological polar surface area (TPSA) is 0 Å². The van der Waals surface area contributed by atoms with Gasteiger partial charge in [-0.2, -0.15) is 0 Å². The van der Waals surface area contributed by atoms with Crippen LogP contribution in [0.1, 0.15) is 97.8 Å². The van der Waals surface area contributed by atoms with Gasteiger partial charge in [-0.15, -0.1) is 0 Å². The first-order chi connectivity index (χ1) is 11.3. The molecule has 0 amide bonds. The summed E-state index contributed by atoms with van der Waals surface area (Å²) in [6.45, 7) is 6.96. The van der Waals surface area contributed by atoms with Gasteiger partial charge in [-0.05, 0) is 38.5 Å². The van der Waals surface area contributed by atoms with E-state index in [1.165, 1.54) is 77.0 Å². The molecule has 0 saturated heterocycles. The third-order valence-electron chi connectivity index (χ3n) is 4.15. The van der Waals surface area contributed by atoms with Gasteiger partial charge < -0.3 is 17.3 Å². The maximum absolute atomic E-state index is 9.75. The number of hydrogen-bond acceptors (Lipinski definition) is 0. The zero-order valence-corrected chi connectivity index (χ0v) is 17.2. The molecular formula is C18H40BF4P. The van der Waals surface area contributed by atoms with Crippen LogP contribution in [-0.4, -0.2) is 25.7 Å². The molecular weight excluding hydrogens is 334 g/mol. The van der Waals surface area contributed by atoms with Gasteiger partial charge >= 0.3 is 7.25 Å². The summed E-state index contributed by atoms with van der Waals surface area (Å²) in [5.41, 5.74) is 0. The lowest BCUT2D eigenvalue weighted by molar-refractivity contribution is 0.368. The predicted octanol–water partition coefficient (Wildman–Crippen LogP) is 8.24. The highest BCUT2D eigenvalue weighted by molar-refractivity contribution is 7.57. The summed E-state index contributed by atoms with van der Waals surface area (Å²) in [4.78, 5) is 0. The van der Waals surface area contributed by atoms with Crippen molar-refractivity contribution in [3.8, 4) is 0 Å². The van der Waals surface area contributed by atoms with E-state index in [0.717, 1.165) is 0 Å². The molecule has 0 bridgehead atoms. The lowest BCUT2D eigenvalue weighted by atomic mass is 10.2. The van der Waals surface area contributed by atoms with Crippen LogP contribution in [0.15, 0.2) is 0 Å². The Morgan fingerprint density at radius 1 is 0.500 bits per heavy atom.